The first kappa shape index (κ1) is 13.5. The monoisotopic (exact) mass is 303 g/mol. The molecule has 3 rings (SSSR count). The number of aromatic nitrogens is 3. The normalized spacial score (nSPS) is 11.0. The minimum absolute atomic E-state index is 0.156. The van der Waals surface area contributed by atoms with Crippen LogP contribution in [0, 0.1) is 17.0 Å². The molecule has 0 bridgehead atoms. The van der Waals surface area contributed by atoms with Crippen LogP contribution >= 0.6 is 11.3 Å². The summed E-state index contributed by atoms with van der Waals surface area (Å²) in [5, 5.41) is 19.4. The summed E-state index contributed by atoms with van der Waals surface area (Å²) in [6.07, 6.45) is 1.74. The number of fused-ring (bicyclic) bond motifs is 1. The van der Waals surface area contributed by atoms with E-state index in [1.807, 2.05) is 20.0 Å². The number of nitro groups is 1. The van der Waals surface area contributed by atoms with Gasteiger partial charge in [-0.2, -0.15) is 5.10 Å². The molecule has 8 heteroatoms. The molecule has 0 saturated carbocycles. The first-order valence-corrected chi connectivity index (χ1v) is 7.12. The number of nitrogens with one attached hydrogen (secondary N) is 1. The van der Waals surface area contributed by atoms with Gasteiger partial charge in [-0.3, -0.25) is 14.8 Å². The van der Waals surface area contributed by atoms with Gasteiger partial charge in [0.05, 0.1) is 22.5 Å². The summed E-state index contributed by atoms with van der Waals surface area (Å²) in [7, 11) is 1.86. The van der Waals surface area contributed by atoms with Crippen LogP contribution in [0.3, 0.4) is 0 Å². The zero-order chi connectivity index (χ0) is 15.0. The van der Waals surface area contributed by atoms with Crippen molar-refractivity contribution in [2.24, 2.45) is 7.05 Å². The van der Waals surface area contributed by atoms with E-state index >= 15 is 0 Å². The molecular weight excluding hydrogens is 290 g/mol. The quantitative estimate of drug-likeness (QED) is 0.591. The van der Waals surface area contributed by atoms with Crippen LogP contribution in [0.1, 0.15) is 10.6 Å². The minimum atomic E-state index is -0.374. The van der Waals surface area contributed by atoms with Crippen LogP contribution in [0.2, 0.25) is 0 Å². The number of hydrogen-bond donors (Lipinski definition) is 1. The molecule has 3 aromatic heterocycles. The third kappa shape index (κ3) is 2.57. The van der Waals surface area contributed by atoms with Crippen molar-refractivity contribution in [3.05, 3.63) is 45.1 Å². The van der Waals surface area contributed by atoms with Crippen LogP contribution in [0.25, 0.3) is 11.0 Å². The summed E-state index contributed by atoms with van der Waals surface area (Å²) in [4.78, 5) is 15.6. The predicted molar refractivity (Wildman–Crippen MR) is 81.5 cm³/mol. The number of nitrogens with zero attached hydrogens (tertiary/aromatic N) is 4. The largest absolute Gasteiger partial charge is 0.379 e. The number of thiophene rings is 1. The zero-order valence-electron chi connectivity index (χ0n) is 11.5. The number of anilines is 1. The van der Waals surface area contributed by atoms with Crippen molar-refractivity contribution in [3.63, 3.8) is 0 Å². The van der Waals surface area contributed by atoms with Crippen molar-refractivity contribution in [2.75, 3.05) is 5.32 Å². The molecule has 0 aliphatic heterocycles. The SMILES string of the molecule is Cc1nn(C)c2ncc(NCc3ccc([N+](=O)[O-])s3)cc12. The number of aryl methyl sites for hydroxylation is 2. The molecule has 0 unspecified atom stereocenters. The predicted octanol–water partition coefficient (Wildman–Crippen LogP) is 2.86. The molecule has 0 aromatic carbocycles. The molecular formula is C13H13N5O2S. The van der Waals surface area contributed by atoms with E-state index < -0.39 is 0 Å². The van der Waals surface area contributed by atoms with Crippen molar-refractivity contribution in [3.8, 4) is 0 Å². The van der Waals surface area contributed by atoms with E-state index in [0.29, 0.717) is 6.54 Å². The average Bonchev–Trinajstić information content (AvgIpc) is 3.03. The van der Waals surface area contributed by atoms with E-state index in [1.165, 1.54) is 17.4 Å². The lowest BCUT2D eigenvalue weighted by atomic mass is 10.2. The second kappa shape index (κ2) is 5.13. The van der Waals surface area contributed by atoms with Crippen LogP contribution in [0.4, 0.5) is 10.7 Å². The maximum Gasteiger partial charge on any atom is 0.324 e. The van der Waals surface area contributed by atoms with E-state index in [9.17, 15) is 10.1 Å². The highest BCUT2D eigenvalue weighted by Crippen LogP contribution is 2.25. The van der Waals surface area contributed by atoms with Crippen LogP contribution in [-0.4, -0.2) is 19.7 Å². The number of pyridine rings is 1. The molecule has 108 valence electrons. The van der Waals surface area contributed by atoms with Gasteiger partial charge in [0, 0.05) is 29.9 Å². The van der Waals surface area contributed by atoms with Gasteiger partial charge in [0.25, 0.3) is 0 Å². The third-order valence-corrected chi connectivity index (χ3v) is 4.19. The highest BCUT2D eigenvalue weighted by molar-refractivity contribution is 7.15. The molecule has 21 heavy (non-hydrogen) atoms. The Balaban J connectivity index is 1.78. The Morgan fingerprint density at radius 2 is 2.29 bits per heavy atom. The molecule has 3 aromatic rings. The Kier molecular flexibility index (Phi) is 3.30. The molecule has 0 spiro atoms. The molecule has 0 atom stereocenters. The molecule has 0 amide bonds. The molecule has 0 radical (unpaired) electrons. The summed E-state index contributed by atoms with van der Waals surface area (Å²) in [5.74, 6) is 0. The lowest BCUT2D eigenvalue weighted by Crippen LogP contribution is -1.98. The van der Waals surface area contributed by atoms with Crippen LogP contribution in [-0.2, 0) is 13.6 Å². The maximum absolute atomic E-state index is 10.7. The first-order chi connectivity index (χ1) is 10.0. The first-order valence-electron chi connectivity index (χ1n) is 6.31. The molecule has 0 aliphatic carbocycles. The molecule has 1 N–H and O–H groups in total. The van der Waals surface area contributed by atoms with Gasteiger partial charge in [-0.05, 0) is 19.1 Å². The van der Waals surface area contributed by atoms with Gasteiger partial charge in [0.15, 0.2) is 5.65 Å². The molecule has 0 fully saturated rings. The van der Waals surface area contributed by atoms with Crippen LogP contribution in [0.5, 0.6) is 0 Å². The third-order valence-electron chi connectivity index (χ3n) is 3.16. The standard InChI is InChI=1S/C13H13N5O2S/c1-8-11-5-9(6-15-13(11)17(2)16-8)14-7-10-3-4-12(21-10)18(19)20/h3-6,14H,7H2,1-2H3. The Hall–Kier alpha value is -2.48. The minimum Gasteiger partial charge on any atom is -0.379 e. The van der Waals surface area contributed by atoms with E-state index in [2.05, 4.69) is 15.4 Å². The lowest BCUT2D eigenvalue weighted by molar-refractivity contribution is -0.380. The Morgan fingerprint density at radius 1 is 1.48 bits per heavy atom. The van der Waals surface area contributed by atoms with E-state index in [4.69, 9.17) is 0 Å². The van der Waals surface area contributed by atoms with Gasteiger partial charge in [0.2, 0.25) is 0 Å². The van der Waals surface area contributed by atoms with Crippen molar-refractivity contribution in [1.82, 2.24) is 14.8 Å². The fraction of sp³-hybridized carbons (Fsp3) is 0.231. The van der Waals surface area contributed by atoms with Crippen molar-refractivity contribution < 1.29 is 4.92 Å². The fourth-order valence-corrected chi connectivity index (χ4v) is 2.91. The Morgan fingerprint density at radius 3 is 3.00 bits per heavy atom. The van der Waals surface area contributed by atoms with Crippen LogP contribution in [0.15, 0.2) is 24.4 Å². The smallest absolute Gasteiger partial charge is 0.324 e. The topological polar surface area (TPSA) is 85.9 Å². The molecule has 0 saturated heterocycles. The van der Waals surface area contributed by atoms with Gasteiger partial charge < -0.3 is 5.32 Å². The van der Waals surface area contributed by atoms with Gasteiger partial charge in [-0.15, -0.1) is 0 Å². The highest BCUT2D eigenvalue weighted by atomic mass is 32.1. The van der Waals surface area contributed by atoms with Gasteiger partial charge in [0.1, 0.15) is 0 Å². The summed E-state index contributed by atoms with van der Waals surface area (Å²) < 4.78 is 1.75. The van der Waals surface area contributed by atoms with Crippen molar-refractivity contribution >= 4 is 33.1 Å². The van der Waals surface area contributed by atoms with E-state index in [1.54, 1.807) is 16.9 Å². The Bertz CT molecular complexity index is 823. The summed E-state index contributed by atoms with van der Waals surface area (Å²) in [6, 6.07) is 5.28. The average molecular weight is 303 g/mol. The van der Waals surface area contributed by atoms with Gasteiger partial charge >= 0.3 is 5.00 Å². The van der Waals surface area contributed by atoms with E-state index in [0.717, 1.165) is 27.3 Å². The van der Waals surface area contributed by atoms with Crippen molar-refractivity contribution in [2.45, 2.75) is 13.5 Å². The second-order valence-corrected chi connectivity index (χ2v) is 5.80. The number of rotatable bonds is 4. The fourth-order valence-electron chi connectivity index (χ4n) is 2.15. The van der Waals surface area contributed by atoms with Gasteiger partial charge in [-0.25, -0.2) is 4.98 Å². The summed E-state index contributed by atoms with van der Waals surface area (Å²) in [6.45, 7) is 2.47. The van der Waals surface area contributed by atoms with Crippen LogP contribution < -0.4 is 5.32 Å². The summed E-state index contributed by atoms with van der Waals surface area (Å²) in [5.41, 5.74) is 2.63. The zero-order valence-corrected chi connectivity index (χ0v) is 12.3. The highest BCUT2D eigenvalue weighted by Gasteiger charge is 2.10. The van der Waals surface area contributed by atoms with Crippen molar-refractivity contribution in [1.29, 1.82) is 0 Å². The van der Waals surface area contributed by atoms with Gasteiger partial charge in [-0.1, -0.05) is 11.3 Å². The summed E-state index contributed by atoms with van der Waals surface area (Å²) >= 11 is 1.17. The second-order valence-electron chi connectivity index (χ2n) is 4.65. The number of hydrogen-bond acceptors (Lipinski definition) is 6. The Labute approximate surface area is 124 Å². The molecule has 3 heterocycles. The van der Waals surface area contributed by atoms with E-state index in [-0.39, 0.29) is 9.92 Å². The molecule has 7 nitrogen and oxygen atoms in total. The lowest BCUT2D eigenvalue weighted by Gasteiger charge is -2.04. The molecule has 0 aliphatic rings. The maximum atomic E-state index is 10.7.